The molecule has 0 radical (unpaired) electrons. The maximum atomic E-state index is 13.5. The minimum absolute atomic E-state index is 0.0324. The molecule has 0 aliphatic heterocycles. The van der Waals surface area contributed by atoms with Gasteiger partial charge in [0.25, 0.3) is 0 Å². The summed E-state index contributed by atoms with van der Waals surface area (Å²) in [5.41, 5.74) is -3.45. The molecule has 2 N–H and O–H groups in total. The van der Waals surface area contributed by atoms with Crippen molar-refractivity contribution in [1.82, 2.24) is 0 Å². The summed E-state index contributed by atoms with van der Waals surface area (Å²) in [7, 11) is 0. The highest BCUT2D eigenvalue weighted by Crippen LogP contribution is 2.41. The van der Waals surface area contributed by atoms with Crippen molar-refractivity contribution in [1.29, 1.82) is 0 Å². The molecule has 0 aromatic heterocycles. The molecule has 0 amide bonds. The van der Waals surface area contributed by atoms with E-state index in [4.69, 9.17) is 5.11 Å². The van der Waals surface area contributed by atoms with E-state index in [2.05, 4.69) is 0 Å². The van der Waals surface area contributed by atoms with Crippen LogP contribution in [-0.2, 0) is 0 Å². The predicted molar refractivity (Wildman–Crippen MR) is 54.9 cm³/mol. The van der Waals surface area contributed by atoms with E-state index in [1.807, 2.05) is 0 Å². The molecule has 0 bridgehead atoms. The molecule has 2 nitrogen and oxygen atoms in total. The van der Waals surface area contributed by atoms with Gasteiger partial charge in [-0.15, -0.1) is 0 Å². The van der Waals surface area contributed by atoms with Crippen LogP contribution >= 0.6 is 0 Å². The molecule has 0 unspecified atom stereocenters. The van der Waals surface area contributed by atoms with Crippen molar-refractivity contribution in [2.24, 2.45) is 0 Å². The molecule has 0 saturated carbocycles. The molecular formula is C12H3F7O2. The number of phenolic OH excluding ortho intramolecular Hbond substituents is 2. The lowest BCUT2D eigenvalue weighted by atomic mass is 10.0. The molecule has 21 heavy (non-hydrogen) atoms. The summed E-state index contributed by atoms with van der Waals surface area (Å²) in [6.45, 7) is 0. The molecule has 0 aliphatic carbocycles. The molecule has 0 aliphatic rings. The fourth-order valence-electron chi connectivity index (χ4n) is 1.66. The lowest BCUT2D eigenvalue weighted by Crippen LogP contribution is -2.03. The van der Waals surface area contributed by atoms with Gasteiger partial charge >= 0.3 is 0 Å². The Hall–Kier alpha value is -2.45. The summed E-state index contributed by atoms with van der Waals surface area (Å²) in [6.07, 6.45) is 0. The van der Waals surface area contributed by atoms with Gasteiger partial charge in [-0.2, -0.15) is 8.78 Å². The first-order chi connectivity index (χ1) is 9.68. The van der Waals surface area contributed by atoms with Crippen LogP contribution in [0.15, 0.2) is 6.07 Å². The van der Waals surface area contributed by atoms with Gasteiger partial charge in [-0.05, 0) is 0 Å². The number of aromatic hydroxyl groups is 2. The van der Waals surface area contributed by atoms with E-state index in [9.17, 15) is 35.8 Å². The highest BCUT2D eigenvalue weighted by molar-refractivity contribution is 5.73. The van der Waals surface area contributed by atoms with Crippen LogP contribution in [0.5, 0.6) is 11.5 Å². The van der Waals surface area contributed by atoms with E-state index in [-0.39, 0.29) is 6.07 Å². The number of hydrogen-bond donors (Lipinski definition) is 2. The zero-order valence-electron chi connectivity index (χ0n) is 9.62. The van der Waals surface area contributed by atoms with E-state index in [0.29, 0.717) is 0 Å². The van der Waals surface area contributed by atoms with Gasteiger partial charge in [-0.1, -0.05) is 0 Å². The Bertz CT molecular complexity index is 729. The second-order valence-corrected chi connectivity index (χ2v) is 3.86. The summed E-state index contributed by atoms with van der Waals surface area (Å²) in [4.78, 5) is 0. The Labute approximate surface area is 111 Å². The van der Waals surface area contributed by atoms with E-state index in [0.717, 1.165) is 0 Å². The van der Waals surface area contributed by atoms with Crippen molar-refractivity contribution in [3.05, 3.63) is 46.8 Å². The van der Waals surface area contributed by atoms with Crippen molar-refractivity contribution >= 4 is 0 Å². The Morgan fingerprint density at radius 3 is 1.48 bits per heavy atom. The third-order valence-corrected chi connectivity index (χ3v) is 2.63. The maximum Gasteiger partial charge on any atom is 0.204 e. The van der Waals surface area contributed by atoms with Gasteiger partial charge in [0, 0.05) is 6.07 Å². The minimum Gasteiger partial charge on any atom is -0.507 e. The third-order valence-electron chi connectivity index (χ3n) is 2.63. The quantitative estimate of drug-likeness (QED) is 0.478. The largest absolute Gasteiger partial charge is 0.507 e. The van der Waals surface area contributed by atoms with Gasteiger partial charge < -0.3 is 10.2 Å². The van der Waals surface area contributed by atoms with E-state index in [1.165, 1.54) is 0 Å². The fourth-order valence-corrected chi connectivity index (χ4v) is 1.66. The monoisotopic (exact) mass is 312 g/mol. The van der Waals surface area contributed by atoms with Gasteiger partial charge in [0.2, 0.25) is 11.6 Å². The average molecular weight is 312 g/mol. The molecular weight excluding hydrogens is 309 g/mol. The smallest absolute Gasteiger partial charge is 0.204 e. The SMILES string of the molecule is Oc1cc(F)c(F)c(F)c1-c1c(F)c(F)c(O)c(F)c1F. The zero-order chi connectivity index (χ0) is 16.1. The van der Waals surface area contributed by atoms with Crippen molar-refractivity contribution in [3.63, 3.8) is 0 Å². The van der Waals surface area contributed by atoms with Gasteiger partial charge in [0.15, 0.2) is 34.8 Å². The number of benzene rings is 2. The number of rotatable bonds is 1. The van der Waals surface area contributed by atoms with Gasteiger partial charge in [-0.3, -0.25) is 0 Å². The van der Waals surface area contributed by atoms with Crippen LogP contribution in [0.1, 0.15) is 0 Å². The van der Waals surface area contributed by atoms with Crippen LogP contribution in [-0.4, -0.2) is 10.2 Å². The van der Waals surface area contributed by atoms with E-state index in [1.54, 1.807) is 0 Å². The van der Waals surface area contributed by atoms with Crippen molar-refractivity contribution in [2.75, 3.05) is 0 Å². The Balaban J connectivity index is 2.96. The molecule has 0 spiro atoms. The number of phenols is 2. The lowest BCUT2D eigenvalue weighted by molar-refractivity contribution is 0.357. The molecule has 2 rings (SSSR count). The summed E-state index contributed by atoms with van der Waals surface area (Å²) in [6, 6.07) is -0.0324. The van der Waals surface area contributed by atoms with Crippen LogP contribution < -0.4 is 0 Å². The number of halogens is 7. The average Bonchev–Trinajstić information content (AvgIpc) is 2.44. The van der Waals surface area contributed by atoms with Gasteiger partial charge in [-0.25, -0.2) is 22.0 Å². The highest BCUT2D eigenvalue weighted by atomic mass is 19.2. The third kappa shape index (κ3) is 2.05. The van der Waals surface area contributed by atoms with Crippen molar-refractivity contribution in [3.8, 4) is 22.6 Å². The second kappa shape index (κ2) is 4.83. The maximum absolute atomic E-state index is 13.5. The predicted octanol–water partition coefficient (Wildman–Crippen LogP) is 3.74. The Morgan fingerprint density at radius 2 is 1.00 bits per heavy atom. The first-order valence-electron chi connectivity index (χ1n) is 5.10. The van der Waals surface area contributed by atoms with E-state index >= 15 is 0 Å². The van der Waals surface area contributed by atoms with Crippen LogP contribution in [0.4, 0.5) is 30.7 Å². The molecule has 2 aromatic carbocycles. The summed E-state index contributed by atoms with van der Waals surface area (Å²) >= 11 is 0. The van der Waals surface area contributed by atoms with Crippen LogP contribution in [0, 0.1) is 40.7 Å². The minimum atomic E-state index is -2.29. The fraction of sp³-hybridized carbons (Fsp3) is 0. The first-order valence-corrected chi connectivity index (χ1v) is 5.10. The molecule has 0 heterocycles. The standard InChI is InChI=1S/C12H3F7O2/c13-2-1-3(20)4(7(15)6(2)14)5-8(16)10(18)12(21)11(19)9(5)17/h1,20-21H. The molecule has 0 saturated heterocycles. The number of hydrogen-bond acceptors (Lipinski definition) is 2. The van der Waals surface area contributed by atoms with Crippen LogP contribution in [0.2, 0.25) is 0 Å². The van der Waals surface area contributed by atoms with Crippen LogP contribution in [0.25, 0.3) is 11.1 Å². The van der Waals surface area contributed by atoms with Gasteiger partial charge in [0.1, 0.15) is 5.75 Å². The Kier molecular flexibility index (Phi) is 3.44. The Morgan fingerprint density at radius 1 is 0.571 bits per heavy atom. The second-order valence-electron chi connectivity index (χ2n) is 3.86. The molecule has 0 atom stereocenters. The summed E-state index contributed by atoms with van der Waals surface area (Å²) < 4.78 is 92.8. The normalized spacial score (nSPS) is 11.0. The summed E-state index contributed by atoms with van der Waals surface area (Å²) in [5, 5.41) is 18.0. The lowest BCUT2D eigenvalue weighted by Gasteiger charge is -2.12. The van der Waals surface area contributed by atoms with Crippen LogP contribution in [0.3, 0.4) is 0 Å². The molecule has 2 aromatic rings. The molecule has 0 fully saturated rings. The zero-order valence-corrected chi connectivity index (χ0v) is 9.62. The van der Waals surface area contributed by atoms with Crippen molar-refractivity contribution < 1.29 is 40.9 Å². The van der Waals surface area contributed by atoms with Crippen molar-refractivity contribution in [2.45, 2.75) is 0 Å². The molecule has 112 valence electrons. The van der Waals surface area contributed by atoms with E-state index < -0.39 is 63.3 Å². The summed E-state index contributed by atoms with van der Waals surface area (Å²) in [5.74, 6) is -19.0. The first kappa shape index (κ1) is 14.9. The highest BCUT2D eigenvalue weighted by Gasteiger charge is 2.31. The topological polar surface area (TPSA) is 40.5 Å². The van der Waals surface area contributed by atoms with Gasteiger partial charge in [0.05, 0.1) is 11.1 Å². The molecule has 9 heteroatoms.